The molecule has 3 heterocycles. The molecule has 0 bridgehead atoms. The fourth-order valence-corrected chi connectivity index (χ4v) is 4.77. The van der Waals surface area contributed by atoms with Crippen LogP contribution in [0.25, 0.3) is 0 Å². The number of nitrogens with zero attached hydrogens (tertiary/aromatic N) is 3. The second-order valence-corrected chi connectivity index (χ2v) is 9.08. The highest BCUT2D eigenvalue weighted by Gasteiger charge is 2.50. The summed E-state index contributed by atoms with van der Waals surface area (Å²) in [5.74, 6) is -4.71. The number of rotatable bonds is 8. The lowest BCUT2D eigenvalue weighted by atomic mass is 9.92. The van der Waals surface area contributed by atoms with Gasteiger partial charge in [-0.15, -0.1) is 0 Å². The second-order valence-electron chi connectivity index (χ2n) is 9.08. The molecular formula is C24H28N4O8. The summed E-state index contributed by atoms with van der Waals surface area (Å²) in [7, 11) is 0. The molecule has 1 aromatic carbocycles. The van der Waals surface area contributed by atoms with Crippen LogP contribution in [0.3, 0.4) is 0 Å². The van der Waals surface area contributed by atoms with Gasteiger partial charge in [-0.05, 0) is 25.0 Å². The summed E-state index contributed by atoms with van der Waals surface area (Å²) >= 11 is 0. The molecule has 12 heteroatoms. The number of piperidine rings is 1. The SMILES string of the molecule is CC[C@@](CN1C(=O)CCC(N2C(=O)c3ccccc3C2=O)C1=O)(NC(=O)CN1CCOCC1)C(=O)O. The van der Waals surface area contributed by atoms with Gasteiger partial charge in [0.2, 0.25) is 11.8 Å². The summed E-state index contributed by atoms with van der Waals surface area (Å²) in [6.07, 6.45) is -0.327. The number of hydrogen-bond donors (Lipinski definition) is 2. The van der Waals surface area contributed by atoms with E-state index in [1.165, 1.54) is 19.1 Å². The molecule has 4 rings (SSSR count). The zero-order chi connectivity index (χ0) is 26.0. The van der Waals surface area contributed by atoms with Crippen molar-refractivity contribution in [3.63, 3.8) is 0 Å². The van der Waals surface area contributed by atoms with Crippen LogP contribution in [-0.2, 0) is 23.9 Å². The van der Waals surface area contributed by atoms with E-state index in [9.17, 15) is 33.9 Å². The first-order valence-electron chi connectivity index (χ1n) is 11.8. The second kappa shape index (κ2) is 10.2. The molecule has 2 atom stereocenters. The number of fused-ring (bicyclic) bond motifs is 1. The van der Waals surface area contributed by atoms with Gasteiger partial charge in [-0.25, -0.2) is 4.79 Å². The van der Waals surface area contributed by atoms with Gasteiger partial charge in [-0.1, -0.05) is 19.1 Å². The van der Waals surface area contributed by atoms with E-state index < -0.39 is 53.6 Å². The molecule has 3 aliphatic rings. The maximum Gasteiger partial charge on any atom is 0.331 e. The Morgan fingerprint density at radius 1 is 1.08 bits per heavy atom. The number of likely N-dealkylation sites (tertiary alicyclic amines) is 1. The Kier molecular flexibility index (Phi) is 7.18. The fraction of sp³-hybridized carbons (Fsp3) is 0.500. The zero-order valence-corrected chi connectivity index (χ0v) is 19.9. The Labute approximate surface area is 207 Å². The topological polar surface area (TPSA) is 154 Å². The van der Waals surface area contributed by atoms with E-state index in [0.717, 1.165) is 9.80 Å². The summed E-state index contributed by atoms with van der Waals surface area (Å²) in [6.45, 7) is 2.81. The lowest BCUT2D eigenvalue weighted by molar-refractivity contribution is -0.157. The van der Waals surface area contributed by atoms with Crippen LogP contribution in [-0.4, -0.2) is 106 Å². The van der Waals surface area contributed by atoms with E-state index in [1.54, 1.807) is 12.1 Å². The third-order valence-electron chi connectivity index (χ3n) is 6.91. The molecule has 3 aliphatic heterocycles. The molecule has 192 valence electrons. The standard InChI is InChI=1S/C24H28N4O8/c1-2-24(23(34)35,25-18(29)13-26-9-11-36-12-10-26)14-27-19(30)8-7-17(22(27)33)28-20(31)15-5-3-4-6-16(15)21(28)32/h3-6,17H,2,7-14H2,1H3,(H,25,29)(H,34,35)/t17?,24-/m0/s1. The molecule has 0 saturated carbocycles. The van der Waals surface area contributed by atoms with E-state index in [0.29, 0.717) is 26.3 Å². The number of carboxylic acid groups (broad SMARTS) is 1. The van der Waals surface area contributed by atoms with Crippen LogP contribution < -0.4 is 5.32 Å². The number of carboxylic acids is 1. The van der Waals surface area contributed by atoms with Crippen molar-refractivity contribution in [2.24, 2.45) is 0 Å². The highest BCUT2D eigenvalue weighted by Crippen LogP contribution is 2.30. The van der Waals surface area contributed by atoms with Crippen LogP contribution in [0.2, 0.25) is 0 Å². The van der Waals surface area contributed by atoms with Crippen molar-refractivity contribution in [2.45, 2.75) is 37.8 Å². The molecule has 1 aromatic rings. The molecule has 12 nitrogen and oxygen atoms in total. The maximum absolute atomic E-state index is 13.4. The number of benzene rings is 1. The predicted octanol–water partition coefficient (Wildman–Crippen LogP) is -0.518. The number of nitrogens with one attached hydrogen (secondary N) is 1. The normalized spacial score (nSPS) is 22.4. The lowest BCUT2D eigenvalue weighted by Gasteiger charge is -2.39. The molecule has 0 aliphatic carbocycles. The average Bonchev–Trinajstić information content (AvgIpc) is 3.11. The Bertz CT molecular complexity index is 1080. The van der Waals surface area contributed by atoms with Crippen molar-refractivity contribution < 1.29 is 38.6 Å². The summed E-state index contributed by atoms with van der Waals surface area (Å²) in [5.41, 5.74) is -1.59. The Balaban J connectivity index is 1.54. The molecule has 1 unspecified atom stereocenters. The quantitative estimate of drug-likeness (QED) is 0.449. The molecule has 0 aromatic heterocycles. The number of morpholine rings is 1. The van der Waals surface area contributed by atoms with Gasteiger partial charge in [-0.2, -0.15) is 0 Å². The van der Waals surface area contributed by atoms with Crippen LogP contribution >= 0.6 is 0 Å². The number of carbonyl (C=O) groups excluding carboxylic acids is 5. The number of carbonyl (C=O) groups is 6. The Hall–Kier alpha value is -3.64. The van der Waals surface area contributed by atoms with Gasteiger partial charge >= 0.3 is 5.97 Å². The molecule has 5 amide bonds. The van der Waals surface area contributed by atoms with Gasteiger partial charge < -0.3 is 15.2 Å². The summed E-state index contributed by atoms with van der Waals surface area (Å²) in [6, 6.07) is 4.94. The highest BCUT2D eigenvalue weighted by atomic mass is 16.5. The van der Waals surface area contributed by atoms with E-state index in [4.69, 9.17) is 4.74 Å². The van der Waals surface area contributed by atoms with Crippen molar-refractivity contribution >= 4 is 35.5 Å². The minimum Gasteiger partial charge on any atom is -0.479 e. The predicted molar refractivity (Wildman–Crippen MR) is 123 cm³/mol. The molecule has 0 spiro atoms. The highest BCUT2D eigenvalue weighted by molar-refractivity contribution is 6.23. The number of aliphatic carboxylic acids is 1. The first-order valence-corrected chi connectivity index (χ1v) is 11.8. The Morgan fingerprint density at radius 2 is 1.69 bits per heavy atom. The van der Waals surface area contributed by atoms with E-state index in [2.05, 4.69) is 5.32 Å². The van der Waals surface area contributed by atoms with Crippen molar-refractivity contribution in [2.75, 3.05) is 39.4 Å². The molecule has 2 N–H and O–H groups in total. The molecule has 36 heavy (non-hydrogen) atoms. The van der Waals surface area contributed by atoms with Gasteiger partial charge in [0, 0.05) is 19.5 Å². The number of imide groups is 2. The van der Waals surface area contributed by atoms with Crippen LogP contribution in [0.1, 0.15) is 46.9 Å². The van der Waals surface area contributed by atoms with Crippen molar-refractivity contribution in [3.05, 3.63) is 35.4 Å². The average molecular weight is 501 g/mol. The lowest BCUT2D eigenvalue weighted by Crippen LogP contribution is -2.66. The van der Waals surface area contributed by atoms with Crippen LogP contribution in [0.5, 0.6) is 0 Å². The van der Waals surface area contributed by atoms with Crippen molar-refractivity contribution in [1.29, 1.82) is 0 Å². The van der Waals surface area contributed by atoms with Gasteiger partial charge in [0.25, 0.3) is 17.7 Å². The summed E-state index contributed by atoms with van der Waals surface area (Å²) in [5, 5.41) is 12.6. The van der Waals surface area contributed by atoms with Gasteiger partial charge in [0.15, 0.2) is 5.54 Å². The third-order valence-corrected chi connectivity index (χ3v) is 6.91. The first kappa shape index (κ1) is 25.5. The van der Waals surface area contributed by atoms with Crippen LogP contribution in [0, 0.1) is 0 Å². The van der Waals surface area contributed by atoms with Crippen molar-refractivity contribution in [3.8, 4) is 0 Å². The molecule has 0 radical (unpaired) electrons. The number of ether oxygens (including phenoxy) is 1. The number of hydrogen-bond acceptors (Lipinski definition) is 8. The summed E-state index contributed by atoms with van der Waals surface area (Å²) < 4.78 is 5.25. The third kappa shape index (κ3) is 4.61. The minimum atomic E-state index is -1.93. The van der Waals surface area contributed by atoms with Gasteiger partial charge in [-0.3, -0.25) is 38.7 Å². The van der Waals surface area contributed by atoms with Crippen LogP contribution in [0.15, 0.2) is 24.3 Å². The smallest absolute Gasteiger partial charge is 0.331 e. The maximum atomic E-state index is 13.4. The molecule has 2 saturated heterocycles. The van der Waals surface area contributed by atoms with E-state index in [-0.39, 0.29) is 36.9 Å². The summed E-state index contributed by atoms with van der Waals surface area (Å²) in [4.78, 5) is 80.5. The minimum absolute atomic E-state index is 0.0576. The van der Waals surface area contributed by atoms with E-state index >= 15 is 0 Å². The van der Waals surface area contributed by atoms with E-state index in [1.807, 2.05) is 4.90 Å². The van der Waals surface area contributed by atoms with Crippen molar-refractivity contribution in [1.82, 2.24) is 20.0 Å². The first-order chi connectivity index (χ1) is 17.2. The largest absolute Gasteiger partial charge is 0.479 e. The number of amides is 5. The van der Waals surface area contributed by atoms with Gasteiger partial charge in [0.05, 0.1) is 37.4 Å². The molecule has 2 fully saturated rings. The molecular weight excluding hydrogens is 472 g/mol. The Morgan fingerprint density at radius 3 is 2.25 bits per heavy atom. The fourth-order valence-electron chi connectivity index (χ4n) is 4.77. The zero-order valence-electron chi connectivity index (χ0n) is 19.9. The van der Waals surface area contributed by atoms with Crippen LogP contribution in [0.4, 0.5) is 0 Å². The van der Waals surface area contributed by atoms with Gasteiger partial charge in [0.1, 0.15) is 6.04 Å². The monoisotopic (exact) mass is 500 g/mol.